The molecule has 0 aromatic carbocycles. The molecule has 1 aliphatic rings. The van der Waals surface area contributed by atoms with Crippen LogP contribution in [0.5, 0.6) is 0 Å². The third-order valence-corrected chi connectivity index (χ3v) is 3.84. The Morgan fingerprint density at radius 1 is 1.14 bits per heavy atom. The minimum atomic E-state index is 0.740. The number of hydrogen-bond acceptors (Lipinski definition) is 1. The minimum Gasteiger partial charge on any atom is -0.314 e. The molecule has 1 heteroatoms. The van der Waals surface area contributed by atoms with E-state index in [2.05, 4.69) is 26.1 Å². The Morgan fingerprint density at radius 2 is 1.79 bits per heavy atom. The zero-order chi connectivity index (χ0) is 10.4. The van der Waals surface area contributed by atoms with Crippen LogP contribution in [0.1, 0.15) is 59.3 Å². The zero-order valence-electron chi connectivity index (χ0n) is 10.2. The molecule has 1 N–H and O–H groups in total. The van der Waals surface area contributed by atoms with Crippen LogP contribution in [0.4, 0.5) is 0 Å². The van der Waals surface area contributed by atoms with E-state index in [0.29, 0.717) is 0 Å². The molecule has 0 saturated heterocycles. The summed E-state index contributed by atoms with van der Waals surface area (Å²) >= 11 is 0. The highest BCUT2D eigenvalue weighted by atomic mass is 14.9. The molecule has 1 fully saturated rings. The van der Waals surface area contributed by atoms with Crippen molar-refractivity contribution in [2.24, 2.45) is 11.8 Å². The summed E-state index contributed by atoms with van der Waals surface area (Å²) in [6, 6.07) is 0.740. The fraction of sp³-hybridized carbons (Fsp3) is 1.00. The molecule has 1 aliphatic carbocycles. The van der Waals surface area contributed by atoms with Crippen molar-refractivity contribution in [1.82, 2.24) is 5.32 Å². The summed E-state index contributed by atoms with van der Waals surface area (Å²) in [7, 11) is 0. The van der Waals surface area contributed by atoms with Crippen LogP contribution in [0.15, 0.2) is 0 Å². The van der Waals surface area contributed by atoms with Gasteiger partial charge in [0.25, 0.3) is 0 Å². The van der Waals surface area contributed by atoms with Gasteiger partial charge < -0.3 is 5.32 Å². The molecule has 0 bridgehead atoms. The monoisotopic (exact) mass is 197 g/mol. The van der Waals surface area contributed by atoms with Crippen LogP contribution in [-0.2, 0) is 0 Å². The van der Waals surface area contributed by atoms with Gasteiger partial charge in [0.2, 0.25) is 0 Å². The van der Waals surface area contributed by atoms with E-state index >= 15 is 0 Å². The van der Waals surface area contributed by atoms with E-state index in [1.807, 2.05) is 0 Å². The highest BCUT2D eigenvalue weighted by molar-refractivity contribution is 4.76. The Hall–Kier alpha value is -0.0400. The summed E-state index contributed by atoms with van der Waals surface area (Å²) in [5.74, 6) is 1.79. The summed E-state index contributed by atoms with van der Waals surface area (Å²) < 4.78 is 0. The Labute approximate surface area is 89.7 Å². The van der Waals surface area contributed by atoms with Crippen molar-refractivity contribution in [3.8, 4) is 0 Å². The van der Waals surface area contributed by atoms with Crippen LogP contribution in [0.25, 0.3) is 0 Å². The highest BCUT2D eigenvalue weighted by Crippen LogP contribution is 2.26. The molecule has 1 unspecified atom stereocenters. The molecular weight excluding hydrogens is 170 g/mol. The molecule has 0 aliphatic heterocycles. The first-order valence-electron chi connectivity index (χ1n) is 6.47. The van der Waals surface area contributed by atoms with Gasteiger partial charge >= 0.3 is 0 Å². The van der Waals surface area contributed by atoms with Crippen molar-refractivity contribution in [3.05, 3.63) is 0 Å². The number of hydrogen-bond donors (Lipinski definition) is 1. The standard InChI is InChI=1S/C13H27N/c1-4-11(2)10-14-12(3)13-8-6-5-7-9-13/h11-14H,4-10H2,1-3H3/t11?,12-/m0/s1. The molecule has 0 heterocycles. The van der Waals surface area contributed by atoms with Gasteiger partial charge in [0.1, 0.15) is 0 Å². The maximum Gasteiger partial charge on any atom is 0.00671 e. The van der Waals surface area contributed by atoms with E-state index in [1.165, 1.54) is 45.1 Å². The summed E-state index contributed by atoms with van der Waals surface area (Å²) in [5.41, 5.74) is 0. The first-order chi connectivity index (χ1) is 6.74. The second kappa shape index (κ2) is 6.44. The first-order valence-corrected chi connectivity index (χ1v) is 6.47. The van der Waals surface area contributed by atoms with Gasteiger partial charge in [-0.3, -0.25) is 0 Å². The van der Waals surface area contributed by atoms with Gasteiger partial charge in [-0.2, -0.15) is 0 Å². The zero-order valence-corrected chi connectivity index (χ0v) is 10.2. The molecule has 0 radical (unpaired) electrons. The van der Waals surface area contributed by atoms with Crippen molar-refractivity contribution < 1.29 is 0 Å². The lowest BCUT2D eigenvalue weighted by molar-refractivity contribution is 0.273. The van der Waals surface area contributed by atoms with Gasteiger partial charge in [-0.05, 0) is 38.1 Å². The molecule has 1 saturated carbocycles. The molecule has 2 atom stereocenters. The van der Waals surface area contributed by atoms with Gasteiger partial charge in [0.05, 0.1) is 0 Å². The molecule has 0 spiro atoms. The number of nitrogens with one attached hydrogen (secondary N) is 1. The molecule has 0 amide bonds. The molecule has 0 aromatic heterocycles. The van der Waals surface area contributed by atoms with Crippen molar-refractivity contribution in [2.75, 3.05) is 6.54 Å². The van der Waals surface area contributed by atoms with E-state index in [1.54, 1.807) is 0 Å². The molecule has 14 heavy (non-hydrogen) atoms. The van der Waals surface area contributed by atoms with Crippen LogP contribution in [0.3, 0.4) is 0 Å². The SMILES string of the molecule is CCC(C)CN[C@@H](C)C1CCCCC1. The van der Waals surface area contributed by atoms with E-state index in [9.17, 15) is 0 Å². The topological polar surface area (TPSA) is 12.0 Å². The third-order valence-electron chi connectivity index (χ3n) is 3.84. The van der Waals surface area contributed by atoms with Crippen LogP contribution < -0.4 is 5.32 Å². The van der Waals surface area contributed by atoms with Crippen molar-refractivity contribution in [1.29, 1.82) is 0 Å². The highest BCUT2D eigenvalue weighted by Gasteiger charge is 2.19. The summed E-state index contributed by atoms with van der Waals surface area (Å²) in [4.78, 5) is 0. The first kappa shape index (κ1) is 12.0. The summed E-state index contributed by atoms with van der Waals surface area (Å²) in [6.07, 6.45) is 8.59. The van der Waals surface area contributed by atoms with Crippen LogP contribution in [-0.4, -0.2) is 12.6 Å². The average Bonchev–Trinajstić information content (AvgIpc) is 2.26. The fourth-order valence-electron chi connectivity index (χ4n) is 2.33. The molecular formula is C13H27N. The van der Waals surface area contributed by atoms with Gasteiger partial charge in [-0.15, -0.1) is 0 Å². The van der Waals surface area contributed by atoms with Crippen molar-refractivity contribution >= 4 is 0 Å². The molecule has 0 aromatic rings. The van der Waals surface area contributed by atoms with E-state index < -0.39 is 0 Å². The Bertz CT molecular complexity index is 138. The summed E-state index contributed by atoms with van der Waals surface area (Å²) in [6.45, 7) is 8.19. The van der Waals surface area contributed by atoms with Gasteiger partial charge in [-0.25, -0.2) is 0 Å². The maximum absolute atomic E-state index is 3.70. The summed E-state index contributed by atoms with van der Waals surface area (Å²) in [5, 5.41) is 3.70. The van der Waals surface area contributed by atoms with Gasteiger partial charge in [-0.1, -0.05) is 39.5 Å². The maximum atomic E-state index is 3.70. The van der Waals surface area contributed by atoms with Crippen molar-refractivity contribution in [2.45, 2.75) is 65.3 Å². The third kappa shape index (κ3) is 4.00. The smallest absolute Gasteiger partial charge is 0.00671 e. The molecule has 84 valence electrons. The van der Waals surface area contributed by atoms with Gasteiger partial charge in [0.15, 0.2) is 0 Å². The lowest BCUT2D eigenvalue weighted by atomic mass is 9.84. The van der Waals surface area contributed by atoms with E-state index in [-0.39, 0.29) is 0 Å². The Morgan fingerprint density at radius 3 is 2.36 bits per heavy atom. The normalized spacial score (nSPS) is 23.4. The quantitative estimate of drug-likeness (QED) is 0.710. The van der Waals surface area contributed by atoms with Crippen LogP contribution in [0, 0.1) is 11.8 Å². The predicted octanol–water partition coefficient (Wildman–Crippen LogP) is 3.59. The second-order valence-electron chi connectivity index (χ2n) is 5.11. The largest absolute Gasteiger partial charge is 0.314 e. The molecule has 1 nitrogen and oxygen atoms in total. The Balaban J connectivity index is 2.16. The number of rotatable bonds is 5. The lowest BCUT2D eigenvalue weighted by Gasteiger charge is -2.29. The average molecular weight is 197 g/mol. The lowest BCUT2D eigenvalue weighted by Crippen LogP contribution is -2.37. The van der Waals surface area contributed by atoms with Crippen LogP contribution >= 0.6 is 0 Å². The van der Waals surface area contributed by atoms with E-state index in [4.69, 9.17) is 0 Å². The predicted molar refractivity (Wildman–Crippen MR) is 63.5 cm³/mol. The Kier molecular flexibility index (Phi) is 5.54. The molecule has 1 rings (SSSR count). The minimum absolute atomic E-state index is 0.740. The second-order valence-corrected chi connectivity index (χ2v) is 5.11. The fourth-order valence-corrected chi connectivity index (χ4v) is 2.33. The van der Waals surface area contributed by atoms with Crippen LogP contribution in [0.2, 0.25) is 0 Å². The van der Waals surface area contributed by atoms with E-state index in [0.717, 1.165) is 17.9 Å². The van der Waals surface area contributed by atoms with Crippen molar-refractivity contribution in [3.63, 3.8) is 0 Å². The van der Waals surface area contributed by atoms with Gasteiger partial charge in [0, 0.05) is 6.04 Å².